The Bertz CT molecular complexity index is 1560. The van der Waals surface area contributed by atoms with E-state index in [1.54, 1.807) is 23.1 Å². The number of hydrogen-bond donors (Lipinski definition) is 2. The Balaban J connectivity index is 0.00000194. The second-order valence-electron chi connectivity index (χ2n) is 11.9. The largest absolute Gasteiger partial charge is 0.307 e. The molecule has 1 heterocycles. The Hall–Kier alpha value is -2.69. The highest BCUT2D eigenvalue weighted by Crippen LogP contribution is 2.62. The van der Waals surface area contributed by atoms with Gasteiger partial charge in [0.15, 0.2) is 0 Å². The van der Waals surface area contributed by atoms with Crippen LogP contribution < -0.4 is 14.3 Å². The zero-order chi connectivity index (χ0) is 27.5. The molecule has 1 atom stereocenters. The summed E-state index contributed by atoms with van der Waals surface area (Å²) >= 11 is 0. The van der Waals surface area contributed by atoms with Gasteiger partial charge in [-0.15, -0.1) is 0 Å². The number of rotatable bonds is 6. The smallest absolute Gasteiger partial charge is 0.258 e. The van der Waals surface area contributed by atoms with Gasteiger partial charge >= 0.3 is 0 Å². The summed E-state index contributed by atoms with van der Waals surface area (Å²) in [4.78, 5) is 15.8. The number of carbonyl (C=O) groups is 1. The van der Waals surface area contributed by atoms with E-state index in [-0.39, 0.29) is 25.1 Å². The number of sulfonamides is 2. The molecular formula is C29H39N3O5S2. The maximum Gasteiger partial charge on any atom is 0.258 e. The van der Waals surface area contributed by atoms with Gasteiger partial charge in [-0.25, -0.2) is 21.6 Å². The Morgan fingerprint density at radius 2 is 1.74 bits per heavy atom. The molecule has 8 nitrogen and oxygen atoms in total. The highest BCUT2D eigenvalue weighted by atomic mass is 32.2. The number of nitrogens with zero attached hydrogens (tertiary/aromatic N) is 1. The van der Waals surface area contributed by atoms with Crippen LogP contribution in [-0.2, 0) is 25.5 Å². The summed E-state index contributed by atoms with van der Waals surface area (Å²) < 4.78 is 55.4. The molecule has 2 N–H and O–H groups in total. The number of anilines is 2. The zero-order valence-corrected chi connectivity index (χ0v) is 23.8. The molecule has 6 rings (SSSR count). The van der Waals surface area contributed by atoms with Crippen molar-refractivity contribution in [3.63, 3.8) is 0 Å². The van der Waals surface area contributed by atoms with Gasteiger partial charge in [-0.2, -0.15) is 0 Å². The fourth-order valence-corrected chi connectivity index (χ4v) is 8.45. The van der Waals surface area contributed by atoms with Crippen LogP contribution in [0.5, 0.6) is 0 Å². The van der Waals surface area contributed by atoms with Crippen molar-refractivity contribution in [1.29, 1.82) is 0 Å². The van der Waals surface area contributed by atoms with E-state index in [4.69, 9.17) is 0 Å². The van der Waals surface area contributed by atoms with Crippen molar-refractivity contribution < 1.29 is 24.5 Å². The lowest BCUT2D eigenvalue weighted by atomic mass is 9.66. The van der Waals surface area contributed by atoms with Gasteiger partial charge < -0.3 is 4.90 Å². The average Bonchev–Trinajstić information content (AvgIpc) is 3.60. The van der Waals surface area contributed by atoms with Gasteiger partial charge in [-0.3, -0.25) is 9.52 Å². The third-order valence-corrected chi connectivity index (χ3v) is 11.1. The topological polar surface area (TPSA) is 113 Å². The maximum atomic E-state index is 13.9. The quantitative estimate of drug-likeness (QED) is 0.462. The molecule has 1 aliphatic heterocycles. The molecule has 39 heavy (non-hydrogen) atoms. The second-order valence-corrected chi connectivity index (χ2v) is 15.4. The second kappa shape index (κ2) is 9.45. The lowest BCUT2D eigenvalue weighted by molar-refractivity contribution is 0.0980. The Labute approximate surface area is 233 Å². The van der Waals surface area contributed by atoms with Crippen LogP contribution in [0.15, 0.2) is 59.5 Å². The Kier molecular flexibility index (Phi) is 6.43. The van der Waals surface area contributed by atoms with E-state index in [0.29, 0.717) is 23.2 Å². The molecule has 2 spiro atoms. The summed E-state index contributed by atoms with van der Waals surface area (Å²) in [5, 5.41) is 0. The van der Waals surface area contributed by atoms with Crippen LogP contribution in [0, 0.1) is 5.41 Å². The lowest BCUT2D eigenvalue weighted by Gasteiger charge is -2.38. The number of carbonyl (C=O) groups excluding carboxylic acids is 1. The summed E-state index contributed by atoms with van der Waals surface area (Å²) in [7, 11) is -7.24. The Morgan fingerprint density at radius 1 is 1.00 bits per heavy atom. The van der Waals surface area contributed by atoms with Crippen LogP contribution in [-0.4, -0.2) is 41.6 Å². The van der Waals surface area contributed by atoms with Gasteiger partial charge in [0.25, 0.3) is 5.91 Å². The lowest BCUT2D eigenvalue weighted by Crippen LogP contribution is -2.40. The first-order valence-electron chi connectivity index (χ1n) is 13.7. The number of nitrogens with one attached hydrogen (secondary N) is 2. The molecule has 1 unspecified atom stereocenters. The molecule has 212 valence electrons. The maximum absolute atomic E-state index is 13.9. The van der Waals surface area contributed by atoms with Gasteiger partial charge in [0.1, 0.15) is 0 Å². The van der Waals surface area contributed by atoms with Gasteiger partial charge in [-0.05, 0) is 105 Å². The van der Waals surface area contributed by atoms with Crippen LogP contribution in [0.2, 0.25) is 0 Å². The first kappa shape index (κ1) is 26.5. The molecule has 0 bridgehead atoms. The van der Waals surface area contributed by atoms with Crippen molar-refractivity contribution in [2.45, 2.75) is 74.1 Å². The van der Waals surface area contributed by atoms with E-state index < -0.39 is 20.0 Å². The summed E-state index contributed by atoms with van der Waals surface area (Å²) in [6, 6.07) is 11.4. The van der Waals surface area contributed by atoms with Crippen LogP contribution >= 0.6 is 0 Å². The van der Waals surface area contributed by atoms with Gasteiger partial charge in [0.05, 0.1) is 11.2 Å². The Morgan fingerprint density at radius 3 is 2.41 bits per heavy atom. The molecule has 0 saturated heterocycles. The highest BCUT2D eigenvalue weighted by molar-refractivity contribution is 7.92. The molecule has 3 aliphatic carbocycles. The third-order valence-electron chi connectivity index (χ3n) is 9.04. The van der Waals surface area contributed by atoms with Crippen molar-refractivity contribution in [2.24, 2.45) is 5.41 Å². The number of allylic oxidation sites excluding steroid dienone is 1. The molecule has 2 fully saturated rings. The van der Waals surface area contributed by atoms with Crippen LogP contribution in [0.1, 0.15) is 76.6 Å². The van der Waals surface area contributed by atoms with Crippen LogP contribution in [0.4, 0.5) is 11.4 Å². The zero-order valence-electron chi connectivity index (χ0n) is 22.1. The summed E-state index contributed by atoms with van der Waals surface area (Å²) in [6.07, 6.45) is 14.3. The minimum absolute atomic E-state index is 0. The van der Waals surface area contributed by atoms with E-state index in [0.717, 1.165) is 62.5 Å². The van der Waals surface area contributed by atoms with E-state index >= 15 is 0 Å². The van der Waals surface area contributed by atoms with Crippen LogP contribution in [0.25, 0.3) is 0 Å². The number of benzene rings is 2. The summed E-state index contributed by atoms with van der Waals surface area (Å²) in [5.74, 6) is -0.252. The van der Waals surface area contributed by atoms with Crippen molar-refractivity contribution in [2.75, 3.05) is 22.4 Å². The first-order chi connectivity index (χ1) is 18.5. The average molecular weight is 574 g/mol. The molecule has 2 saturated carbocycles. The molecule has 0 radical (unpaired) electrons. The first-order valence-corrected chi connectivity index (χ1v) is 17.1. The molecule has 2 aromatic carbocycles. The number of hydrogen-bond acceptors (Lipinski definition) is 5. The normalized spacial score (nSPS) is 23.1. The third kappa shape index (κ3) is 5.26. The fraction of sp³-hybridized carbons (Fsp3) is 0.483. The predicted octanol–water partition coefficient (Wildman–Crippen LogP) is 5.19. The molecule has 1 amide bonds. The molecule has 10 heteroatoms. The number of amides is 1. The van der Waals surface area contributed by atoms with E-state index in [1.165, 1.54) is 25.0 Å². The molecule has 0 aromatic heterocycles. The van der Waals surface area contributed by atoms with Gasteiger partial charge in [-0.1, -0.05) is 18.2 Å². The van der Waals surface area contributed by atoms with Crippen molar-refractivity contribution >= 4 is 37.3 Å². The molecule has 2 aromatic rings. The minimum atomic E-state index is -3.79. The van der Waals surface area contributed by atoms with Crippen molar-refractivity contribution in [3.05, 3.63) is 65.7 Å². The van der Waals surface area contributed by atoms with Crippen LogP contribution in [0.3, 0.4) is 0 Å². The molecular weight excluding hydrogens is 534 g/mol. The highest BCUT2D eigenvalue weighted by Gasteiger charge is 2.53. The SMILES string of the molecule is CS(=O)(=O)Nc1ccc2c(c1)C1(CCC3(CC3)CC1)CN2C(=O)c1cccc(S(=O)(=O)NC2C=CCCC2)c1.[HH].[HH]. The number of fused-ring (bicyclic) bond motifs is 2. The summed E-state index contributed by atoms with van der Waals surface area (Å²) in [6.45, 7) is 0.502. The molecule has 4 aliphatic rings. The van der Waals surface area contributed by atoms with E-state index in [9.17, 15) is 21.6 Å². The van der Waals surface area contributed by atoms with Gasteiger partial charge in [0, 0.05) is 37.8 Å². The van der Waals surface area contributed by atoms with Gasteiger partial charge in [0.2, 0.25) is 20.0 Å². The summed E-state index contributed by atoms with van der Waals surface area (Å²) in [5.41, 5.74) is 2.78. The van der Waals surface area contributed by atoms with E-state index in [1.807, 2.05) is 24.3 Å². The van der Waals surface area contributed by atoms with E-state index in [2.05, 4.69) is 9.44 Å². The minimum Gasteiger partial charge on any atom is -0.307 e. The van der Waals surface area contributed by atoms with Crippen molar-refractivity contribution in [1.82, 2.24) is 4.72 Å². The predicted molar refractivity (Wildman–Crippen MR) is 156 cm³/mol. The fourth-order valence-electron chi connectivity index (χ4n) is 6.62. The standard InChI is InChI=1S/C29H35N3O5S2.2H2/c1-38(34,35)30-23-10-11-26-25(19-23)29(16-14-28(12-13-28)15-17-29)20-32(26)27(33)21-6-5-9-24(18-21)39(36,37)31-22-7-3-2-4-8-22;;/h3,5-7,9-11,18-19,22,30-31H,2,4,8,12-17,20H2,1H3;2*1H. The van der Waals surface area contributed by atoms with Crippen molar-refractivity contribution in [3.8, 4) is 0 Å². The monoisotopic (exact) mass is 573 g/mol.